The van der Waals surface area contributed by atoms with Crippen LogP contribution in [0.4, 0.5) is 51.2 Å². The first-order valence-corrected chi connectivity index (χ1v) is 54.1. The molecule has 0 spiro atoms. The number of benzene rings is 21. The Bertz CT molecular complexity index is 9110. The highest BCUT2D eigenvalue weighted by Crippen LogP contribution is 2.49. The molecular weight excluding hydrogens is 1880 g/mol. The molecule has 7 heterocycles. The van der Waals surface area contributed by atoms with Gasteiger partial charge in [0.2, 0.25) is 0 Å². The minimum absolute atomic E-state index is 1.12. The van der Waals surface area contributed by atoms with Crippen LogP contribution in [-0.4, -0.2) is 0 Å². The molecule has 0 bridgehead atoms. The molecule has 28 rings (SSSR count). The van der Waals surface area contributed by atoms with Crippen molar-refractivity contribution in [2.24, 2.45) is 0 Å². The second-order valence-corrected chi connectivity index (χ2v) is 43.8. The Morgan fingerprint density at radius 2 is 0.306 bits per heavy atom. The number of hydrogen-bond donors (Lipinski definition) is 0. The van der Waals surface area contributed by atoms with Gasteiger partial charge in [0.1, 0.15) is 0 Å². The number of thiophene rings is 7. The van der Waals surface area contributed by atoms with Gasteiger partial charge >= 0.3 is 0 Å². The first kappa shape index (κ1) is 87.7. The summed E-state index contributed by atoms with van der Waals surface area (Å²) in [6.07, 6.45) is 0. The third kappa shape index (κ3) is 17.5. The van der Waals surface area contributed by atoms with Gasteiger partial charge in [0.25, 0.3) is 0 Å². The van der Waals surface area contributed by atoms with Crippen LogP contribution in [-0.2, 0) is 0 Å². The van der Waals surface area contributed by atoms with Gasteiger partial charge in [0, 0.05) is 150 Å². The number of fused-ring (bicyclic) bond motifs is 13. The Balaban J connectivity index is 0.000000110. The second kappa shape index (κ2) is 38.5. The molecule has 0 unspecified atom stereocenters. The van der Waals surface area contributed by atoms with Crippen molar-refractivity contribution in [3.8, 4) is 97.4 Å². The van der Waals surface area contributed by atoms with Crippen molar-refractivity contribution in [2.45, 2.75) is 0 Å². The van der Waals surface area contributed by atoms with Crippen molar-refractivity contribution >= 4 is 231 Å². The summed E-state index contributed by atoms with van der Waals surface area (Å²) in [5, 5.41) is 13.1. The summed E-state index contributed by atoms with van der Waals surface area (Å²) in [6, 6.07) is 192. The van der Waals surface area contributed by atoms with E-state index in [1.807, 2.05) is 79.4 Å². The Morgan fingerprint density at radius 3 is 0.583 bits per heavy atom. The quantitative estimate of drug-likeness (QED) is 0.0848. The fourth-order valence-corrected chi connectivity index (χ4v) is 27.5. The topological polar surface area (TPSA) is 9.72 Å². The Labute approximate surface area is 863 Å². The maximum Gasteiger partial charge on any atom is 0.0468 e. The van der Waals surface area contributed by atoms with E-state index in [-0.39, 0.29) is 0 Å². The van der Waals surface area contributed by atoms with Crippen LogP contribution < -0.4 is 14.7 Å². The van der Waals surface area contributed by atoms with Gasteiger partial charge in [-0.15, -0.1) is 79.4 Å². The van der Waals surface area contributed by atoms with Crippen molar-refractivity contribution in [2.75, 3.05) is 14.7 Å². The van der Waals surface area contributed by atoms with E-state index in [1.165, 1.54) is 198 Å². The van der Waals surface area contributed by atoms with Gasteiger partial charge in [-0.05, 0) is 312 Å². The molecule has 0 saturated heterocycles. The van der Waals surface area contributed by atoms with E-state index in [2.05, 4.69) is 542 Å². The Kier molecular flexibility index (Phi) is 23.5. The average Bonchev–Trinajstić information content (AvgIpc) is 1.51. The average molecular weight is 1960 g/mol. The highest BCUT2D eigenvalue weighted by Gasteiger charge is 2.23. The molecule has 28 aromatic rings. The number of anilines is 9. The largest absolute Gasteiger partial charge is 0.311 e. The first-order chi connectivity index (χ1) is 71.3. The van der Waals surface area contributed by atoms with Gasteiger partial charge in [-0.2, -0.15) is 0 Å². The maximum atomic E-state index is 2.40. The smallest absolute Gasteiger partial charge is 0.0468 e. The van der Waals surface area contributed by atoms with Crippen molar-refractivity contribution in [1.82, 2.24) is 0 Å². The minimum atomic E-state index is 1.12. The summed E-state index contributed by atoms with van der Waals surface area (Å²) < 4.78 is 13.2. The molecule has 10 heteroatoms. The van der Waals surface area contributed by atoms with Crippen LogP contribution >= 0.6 is 79.4 Å². The lowest BCUT2D eigenvalue weighted by atomic mass is 10.0. The molecule has 0 atom stereocenters. The molecule has 0 radical (unpaired) electrons. The second-order valence-electron chi connectivity index (χ2n) is 36.2. The minimum Gasteiger partial charge on any atom is -0.311 e. The van der Waals surface area contributed by atoms with Crippen LogP contribution in [0.15, 0.2) is 528 Å². The lowest BCUT2D eigenvalue weighted by Crippen LogP contribution is -2.10. The van der Waals surface area contributed by atoms with Crippen molar-refractivity contribution in [1.29, 1.82) is 0 Å². The standard InChI is InChI=1S/2C46H29NS3.C42H29NS/c1-4-16-41-34(9-1)28-45(48-41)32-11-7-13-37(25-32)47(38-14-8-12-33(26-38)46-29-35-10-2-5-17-42(35)49-46)36-22-19-30(20-23-36)31-21-24-44-40(27-31)39-15-3-6-18-43(39)50-44;1-4-10-41-34(7-1)28-45(48-41)31-15-22-37(23-16-31)47(38-24-17-32(18-25-38)46-29-35-8-2-5-11-42(35)49-46)36-20-13-30(14-21-36)33-19-26-44-40(27-33)39-9-3-6-12-43(39)50-44;1-3-9-30(10-4-1)32-15-22-36(23-16-32)43(37-24-17-33(18-25-37)31-11-5-2-6-12-31)38-26-19-34(20-27-38)35-21-28-42-40(29-35)39-13-7-8-14-41(39)44-42/h2*1-29H;1-29H. The molecule has 7 aromatic heterocycles. The first-order valence-electron chi connectivity index (χ1n) is 48.4. The number of rotatable bonds is 18. The van der Waals surface area contributed by atoms with E-state index in [4.69, 9.17) is 0 Å². The molecule has 0 saturated carbocycles. The van der Waals surface area contributed by atoms with Gasteiger partial charge in [0.15, 0.2) is 0 Å². The summed E-state index contributed by atoms with van der Waals surface area (Å²) in [6.45, 7) is 0. The molecular formula is C134H87N3S7. The van der Waals surface area contributed by atoms with E-state index < -0.39 is 0 Å². The zero-order chi connectivity index (χ0) is 95.3. The van der Waals surface area contributed by atoms with Crippen LogP contribution in [0.25, 0.3) is 198 Å². The molecule has 0 N–H and O–H groups in total. The number of hydrogen-bond acceptors (Lipinski definition) is 10. The lowest BCUT2D eigenvalue weighted by molar-refractivity contribution is 1.28. The zero-order valence-electron chi connectivity index (χ0n) is 77.9. The molecule has 3 nitrogen and oxygen atoms in total. The van der Waals surface area contributed by atoms with Crippen molar-refractivity contribution < 1.29 is 0 Å². The molecule has 680 valence electrons. The van der Waals surface area contributed by atoms with Gasteiger partial charge in [-0.25, -0.2) is 0 Å². The molecule has 0 aliphatic rings. The van der Waals surface area contributed by atoms with Crippen LogP contribution in [0, 0.1) is 0 Å². The summed E-state index contributed by atoms with van der Waals surface area (Å²) >= 11 is 13.0. The van der Waals surface area contributed by atoms with Crippen LogP contribution in [0.1, 0.15) is 0 Å². The van der Waals surface area contributed by atoms with Crippen LogP contribution in [0.5, 0.6) is 0 Å². The molecule has 21 aromatic carbocycles. The number of nitrogens with zero attached hydrogens (tertiary/aromatic N) is 3. The summed E-state index contributed by atoms with van der Waals surface area (Å²) in [4.78, 5) is 12.2. The summed E-state index contributed by atoms with van der Waals surface area (Å²) in [5.41, 5.74) is 27.3. The van der Waals surface area contributed by atoms with Gasteiger partial charge in [-0.1, -0.05) is 315 Å². The van der Waals surface area contributed by atoms with Crippen LogP contribution in [0.2, 0.25) is 0 Å². The van der Waals surface area contributed by atoms with E-state index in [1.54, 1.807) is 0 Å². The van der Waals surface area contributed by atoms with Gasteiger partial charge in [0.05, 0.1) is 0 Å². The van der Waals surface area contributed by atoms with E-state index in [0.717, 1.165) is 51.2 Å². The third-order valence-electron chi connectivity index (χ3n) is 27.3. The maximum absolute atomic E-state index is 2.40. The predicted octanol–water partition coefficient (Wildman–Crippen LogP) is 42.4. The Morgan fingerprint density at radius 1 is 0.104 bits per heavy atom. The third-order valence-corrected chi connectivity index (χ3v) is 35.4. The van der Waals surface area contributed by atoms with E-state index in [9.17, 15) is 0 Å². The Hall–Kier alpha value is -16.5. The highest BCUT2D eigenvalue weighted by atomic mass is 32.1. The summed E-state index contributed by atoms with van der Waals surface area (Å²) in [5.74, 6) is 0. The molecule has 144 heavy (non-hydrogen) atoms. The fourth-order valence-electron chi connectivity index (χ4n) is 20.0. The van der Waals surface area contributed by atoms with Crippen LogP contribution in [0.3, 0.4) is 0 Å². The lowest BCUT2D eigenvalue weighted by Gasteiger charge is -2.26. The van der Waals surface area contributed by atoms with Gasteiger partial charge in [-0.3, -0.25) is 0 Å². The van der Waals surface area contributed by atoms with E-state index >= 15 is 0 Å². The molecule has 0 fully saturated rings. The predicted molar refractivity (Wildman–Crippen MR) is 632 cm³/mol. The highest BCUT2D eigenvalue weighted by molar-refractivity contribution is 7.27. The van der Waals surface area contributed by atoms with E-state index in [0.29, 0.717) is 0 Å². The molecule has 0 amide bonds. The van der Waals surface area contributed by atoms with Crippen molar-refractivity contribution in [3.05, 3.63) is 528 Å². The van der Waals surface area contributed by atoms with Gasteiger partial charge < -0.3 is 14.7 Å². The monoisotopic (exact) mass is 1960 g/mol. The SMILES string of the molecule is c1cc(-c2cc3ccccc3s2)cc(N(c2ccc(-c3ccc4sc5ccccc5c4c3)cc2)c2cccc(-c3cc4ccccc4s3)c2)c1.c1ccc(-c2ccc(N(c3ccc(-c4ccccc4)cc3)c3ccc(-c4ccc5sc6ccccc6c5c4)cc3)cc2)cc1.c1ccc2sc(-c3ccc(N(c4ccc(-c5ccc6sc7ccccc7c6c5)cc4)c4ccc(-c5cc6ccccc6s5)cc4)cc3)cc2c1. The molecule has 0 aliphatic carbocycles. The zero-order valence-corrected chi connectivity index (χ0v) is 83.6. The summed E-state index contributed by atoms with van der Waals surface area (Å²) in [7, 11) is 0. The molecule has 0 aliphatic heterocycles. The fraction of sp³-hybridized carbons (Fsp3) is 0. The van der Waals surface area contributed by atoms with Crippen molar-refractivity contribution in [3.63, 3.8) is 0 Å². The normalized spacial score (nSPS) is 11.5.